The molecule has 0 aliphatic heterocycles. The molecule has 0 bridgehead atoms. The zero-order valence-electron chi connectivity index (χ0n) is 17.1. The van der Waals surface area contributed by atoms with Crippen LogP contribution in [-0.4, -0.2) is 25.9 Å². The molecule has 0 unspecified atom stereocenters. The Kier molecular flexibility index (Phi) is 6.65. The summed E-state index contributed by atoms with van der Waals surface area (Å²) < 4.78 is 10.5. The lowest BCUT2D eigenvalue weighted by Crippen LogP contribution is -2.12. The van der Waals surface area contributed by atoms with Gasteiger partial charge in [-0.1, -0.05) is 17.7 Å². The first-order valence-electron chi connectivity index (χ1n) is 9.42. The molecular formula is C25H23NO4. The quantitative estimate of drug-likeness (QED) is 0.439. The normalized spacial score (nSPS) is 10.6. The lowest BCUT2D eigenvalue weighted by molar-refractivity contribution is 0.102. The summed E-state index contributed by atoms with van der Waals surface area (Å²) in [6.45, 7) is 1.94. The van der Waals surface area contributed by atoms with Gasteiger partial charge in [-0.05, 0) is 67.6 Å². The number of hydrogen-bond donors (Lipinski definition) is 1. The summed E-state index contributed by atoms with van der Waals surface area (Å²) >= 11 is 0. The molecule has 0 saturated heterocycles. The number of ether oxygens (including phenoxy) is 2. The van der Waals surface area contributed by atoms with E-state index in [4.69, 9.17) is 9.47 Å². The van der Waals surface area contributed by atoms with Crippen LogP contribution in [0.1, 0.15) is 31.8 Å². The van der Waals surface area contributed by atoms with Crippen molar-refractivity contribution in [3.63, 3.8) is 0 Å². The lowest BCUT2D eigenvalue weighted by Gasteiger charge is -2.07. The minimum absolute atomic E-state index is 0.149. The van der Waals surface area contributed by atoms with Crippen LogP contribution in [0.5, 0.6) is 11.5 Å². The van der Waals surface area contributed by atoms with Gasteiger partial charge in [-0.25, -0.2) is 0 Å². The highest BCUT2D eigenvalue weighted by Gasteiger charge is 2.08. The second-order valence-electron chi connectivity index (χ2n) is 6.71. The third-order valence-electron chi connectivity index (χ3n) is 4.56. The first kappa shape index (κ1) is 20.9. The summed E-state index contributed by atoms with van der Waals surface area (Å²) in [6.07, 6.45) is 3.19. The molecule has 0 saturated carbocycles. The van der Waals surface area contributed by atoms with Gasteiger partial charge >= 0.3 is 0 Å². The summed E-state index contributed by atoms with van der Waals surface area (Å²) in [5.74, 6) is 0.958. The van der Waals surface area contributed by atoms with E-state index in [2.05, 4.69) is 5.32 Å². The number of carbonyl (C=O) groups is 2. The number of benzene rings is 3. The monoisotopic (exact) mass is 401 g/mol. The van der Waals surface area contributed by atoms with E-state index in [-0.39, 0.29) is 11.7 Å². The Morgan fingerprint density at radius 2 is 1.63 bits per heavy atom. The van der Waals surface area contributed by atoms with Gasteiger partial charge in [-0.15, -0.1) is 0 Å². The number of nitrogens with one attached hydrogen (secondary N) is 1. The number of methoxy groups -OCH3 is 2. The maximum Gasteiger partial charge on any atom is 0.255 e. The van der Waals surface area contributed by atoms with Crippen molar-refractivity contribution in [2.24, 2.45) is 0 Å². The molecule has 152 valence electrons. The van der Waals surface area contributed by atoms with Crippen LogP contribution in [0, 0.1) is 6.92 Å². The Morgan fingerprint density at radius 3 is 2.30 bits per heavy atom. The maximum absolute atomic E-state index is 12.5. The highest BCUT2D eigenvalue weighted by atomic mass is 16.5. The van der Waals surface area contributed by atoms with Crippen molar-refractivity contribution in [3.05, 3.63) is 95.1 Å². The highest BCUT2D eigenvalue weighted by Crippen LogP contribution is 2.25. The van der Waals surface area contributed by atoms with E-state index in [0.29, 0.717) is 28.3 Å². The SMILES string of the molecule is COc1ccc(/C=C\C(=O)c2ccc(NC(=O)c3cccc(C)c3)cc2)c(OC)c1. The minimum atomic E-state index is -0.190. The first-order chi connectivity index (χ1) is 14.5. The van der Waals surface area contributed by atoms with Crippen molar-refractivity contribution in [2.45, 2.75) is 6.92 Å². The molecule has 0 aromatic heterocycles. The average Bonchev–Trinajstić information content (AvgIpc) is 2.77. The molecule has 3 rings (SSSR count). The number of amides is 1. The van der Waals surface area contributed by atoms with E-state index in [0.717, 1.165) is 11.1 Å². The van der Waals surface area contributed by atoms with E-state index in [1.54, 1.807) is 62.8 Å². The van der Waals surface area contributed by atoms with E-state index in [9.17, 15) is 9.59 Å². The van der Waals surface area contributed by atoms with Gasteiger partial charge in [0.25, 0.3) is 5.91 Å². The molecule has 3 aromatic rings. The Balaban J connectivity index is 1.68. The Hall–Kier alpha value is -3.86. The standard InChI is InChI=1S/C25H23NO4/c1-17-5-4-6-20(15-17)25(28)26-21-11-7-18(8-12-21)23(27)14-10-19-9-13-22(29-2)16-24(19)30-3/h4-16H,1-3H3,(H,26,28)/b14-10-. The van der Waals surface area contributed by atoms with Gasteiger partial charge in [0.05, 0.1) is 14.2 Å². The summed E-state index contributed by atoms with van der Waals surface area (Å²) in [7, 11) is 3.15. The summed E-state index contributed by atoms with van der Waals surface area (Å²) in [5, 5.41) is 2.84. The second kappa shape index (κ2) is 9.56. The van der Waals surface area contributed by atoms with Gasteiger partial charge in [0, 0.05) is 28.4 Å². The van der Waals surface area contributed by atoms with Crippen LogP contribution in [0.2, 0.25) is 0 Å². The molecule has 3 aromatic carbocycles. The fraction of sp³-hybridized carbons (Fsp3) is 0.120. The van der Waals surface area contributed by atoms with Crippen molar-refractivity contribution in [1.82, 2.24) is 0 Å². The lowest BCUT2D eigenvalue weighted by atomic mass is 10.1. The molecule has 30 heavy (non-hydrogen) atoms. The number of anilines is 1. The van der Waals surface area contributed by atoms with Crippen molar-refractivity contribution >= 4 is 23.5 Å². The van der Waals surface area contributed by atoms with Gasteiger partial charge in [0.15, 0.2) is 5.78 Å². The van der Waals surface area contributed by atoms with Gasteiger partial charge < -0.3 is 14.8 Å². The molecule has 0 heterocycles. The smallest absolute Gasteiger partial charge is 0.255 e. The van der Waals surface area contributed by atoms with Gasteiger partial charge in [-0.3, -0.25) is 9.59 Å². The molecule has 1 N–H and O–H groups in total. The third-order valence-corrected chi connectivity index (χ3v) is 4.56. The summed E-state index contributed by atoms with van der Waals surface area (Å²) in [6, 6.07) is 19.5. The van der Waals surface area contributed by atoms with E-state index in [1.807, 2.05) is 31.2 Å². The predicted molar refractivity (Wildman–Crippen MR) is 118 cm³/mol. The number of carbonyl (C=O) groups excluding carboxylic acids is 2. The molecule has 0 aliphatic carbocycles. The summed E-state index contributed by atoms with van der Waals surface area (Å²) in [4.78, 5) is 24.8. The molecular weight excluding hydrogens is 378 g/mol. The number of ketones is 1. The van der Waals surface area contributed by atoms with Crippen molar-refractivity contribution < 1.29 is 19.1 Å². The zero-order valence-corrected chi connectivity index (χ0v) is 17.1. The van der Waals surface area contributed by atoms with Crippen molar-refractivity contribution in [3.8, 4) is 11.5 Å². The largest absolute Gasteiger partial charge is 0.497 e. The molecule has 1 amide bonds. The van der Waals surface area contributed by atoms with E-state index in [1.165, 1.54) is 6.08 Å². The molecule has 0 radical (unpaired) electrons. The van der Waals surface area contributed by atoms with Crippen molar-refractivity contribution in [2.75, 3.05) is 19.5 Å². The molecule has 0 fully saturated rings. The van der Waals surface area contributed by atoms with Crippen molar-refractivity contribution in [1.29, 1.82) is 0 Å². The molecule has 5 nitrogen and oxygen atoms in total. The molecule has 0 spiro atoms. The topological polar surface area (TPSA) is 64.6 Å². The average molecular weight is 401 g/mol. The van der Waals surface area contributed by atoms with Crippen LogP contribution >= 0.6 is 0 Å². The number of allylic oxidation sites excluding steroid dienone is 1. The molecule has 0 atom stereocenters. The Morgan fingerprint density at radius 1 is 0.867 bits per heavy atom. The predicted octanol–water partition coefficient (Wildman–Crippen LogP) is 5.16. The van der Waals surface area contributed by atoms with Crippen LogP contribution in [0.15, 0.2) is 72.8 Å². The molecule has 5 heteroatoms. The van der Waals surface area contributed by atoms with Crippen LogP contribution in [-0.2, 0) is 0 Å². The van der Waals surface area contributed by atoms with Crippen LogP contribution in [0.25, 0.3) is 6.08 Å². The van der Waals surface area contributed by atoms with E-state index < -0.39 is 0 Å². The van der Waals surface area contributed by atoms with Crippen LogP contribution in [0.4, 0.5) is 5.69 Å². The fourth-order valence-electron chi connectivity index (χ4n) is 2.93. The van der Waals surface area contributed by atoms with Gasteiger partial charge in [0.1, 0.15) is 11.5 Å². The zero-order chi connectivity index (χ0) is 21.5. The highest BCUT2D eigenvalue weighted by molar-refractivity contribution is 6.08. The minimum Gasteiger partial charge on any atom is -0.497 e. The fourth-order valence-corrected chi connectivity index (χ4v) is 2.93. The number of hydrogen-bond acceptors (Lipinski definition) is 4. The van der Waals surface area contributed by atoms with Crippen LogP contribution < -0.4 is 14.8 Å². The van der Waals surface area contributed by atoms with Gasteiger partial charge in [-0.2, -0.15) is 0 Å². The van der Waals surface area contributed by atoms with E-state index >= 15 is 0 Å². The number of aryl methyl sites for hydroxylation is 1. The summed E-state index contributed by atoms with van der Waals surface area (Å²) in [5.41, 5.74) is 3.52. The maximum atomic E-state index is 12.5. The number of rotatable bonds is 7. The Labute approximate surface area is 176 Å². The molecule has 0 aliphatic rings. The Bertz CT molecular complexity index is 1080. The first-order valence-corrected chi connectivity index (χ1v) is 9.42. The van der Waals surface area contributed by atoms with Gasteiger partial charge in [0.2, 0.25) is 0 Å². The second-order valence-corrected chi connectivity index (χ2v) is 6.71. The third kappa shape index (κ3) is 5.14. The van der Waals surface area contributed by atoms with Crippen LogP contribution in [0.3, 0.4) is 0 Å².